The lowest BCUT2D eigenvalue weighted by Gasteiger charge is -2.25. The van der Waals surface area contributed by atoms with E-state index in [4.69, 9.17) is 0 Å². The monoisotopic (exact) mass is 352 g/mol. The van der Waals surface area contributed by atoms with Crippen LogP contribution in [0.5, 0.6) is 0 Å². The molecule has 3 atom stereocenters. The Balaban J connectivity index is 1.60. The topological polar surface area (TPSA) is 42.0 Å². The lowest BCUT2D eigenvalue weighted by molar-refractivity contribution is -0.127. The second-order valence-corrected chi connectivity index (χ2v) is 8.25. The van der Waals surface area contributed by atoms with Crippen LogP contribution in [0.1, 0.15) is 44.6 Å². The van der Waals surface area contributed by atoms with E-state index in [1.54, 1.807) is 19.2 Å². The highest BCUT2D eigenvalue weighted by atomic mass is 19.1. The SMILES string of the molecule is CNC(=O)C(C)(C)C1=CC2C[C@@H](c3ccnc4ccc(F)cc34)CC2C1. The third-order valence-electron chi connectivity index (χ3n) is 6.42. The number of nitrogens with one attached hydrogen (secondary N) is 1. The molecule has 26 heavy (non-hydrogen) atoms. The predicted molar refractivity (Wildman–Crippen MR) is 101 cm³/mol. The van der Waals surface area contributed by atoms with Crippen LogP contribution in [0.3, 0.4) is 0 Å². The van der Waals surface area contributed by atoms with Gasteiger partial charge in [0.05, 0.1) is 10.9 Å². The highest BCUT2D eigenvalue weighted by molar-refractivity contribution is 5.85. The van der Waals surface area contributed by atoms with E-state index in [0.717, 1.165) is 30.2 Å². The van der Waals surface area contributed by atoms with Crippen molar-refractivity contribution < 1.29 is 9.18 Å². The molecule has 2 aromatic rings. The molecule has 1 amide bonds. The van der Waals surface area contributed by atoms with E-state index in [-0.39, 0.29) is 11.7 Å². The van der Waals surface area contributed by atoms with Gasteiger partial charge in [-0.25, -0.2) is 4.39 Å². The first-order valence-electron chi connectivity index (χ1n) is 9.37. The molecule has 1 fully saturated rings. The maximum Gasteiger partial charge on any atom is 0.229 e. The molecule has 4 rings (SSSR count). The van der Waals surface area contributed by atoms with Crippen LogP contribution in [0.25, 0.3) is 10.9 Å². The van der Waals surface area contributed by atoms with E-state index in [1.165, 1.54) is 17.2 Å². The molecule has 1 heterocycles. The number of pyridine rings is 1. The summed E-state index contributed by atoms with van der Waals surface area (Å²) in [5.41, 5.74) is 2.89. The summed E-state index contributed by atoms with van der Waals surface area (Å²) in [6, 6.07) is 6.89. The number of hydrogen-bond donors (Lipinski definition) is 1. The quantitative estimate of drug-likeness (QED) is 0.821. The highest BCUT2D eigenvalue weighted by Crippen LogP contribution is 2.53. The molecule has 1 N–H and O–H groups in total. The number of fused-ring (bicyclic) bond motifs is 2. The zero-order valence-electron chi connectivity index (χ0n) is 15.6. The molecule has 2 aliphatic carbocycles. The number of nitrogens with zero attached hydrogens (tertiary/aromatic N) is 1. The molecule has 0 spiro atoms. The van der Waals surface area contributed by atoms with E-state index in [2.05, 4.69) is 16.4 Å². The maximum atomic E-state index is 13.8. The number of benzene rings is 1. The third kappa shape index (κ3) is 2.72. The first kappa shape index (κ1) is 17.2. The smallest absolute Gasteiger partial charge is 0.229 e. The van der Waals surface area contributed by atoms with E-state index < -0.39 is 5.41 Å². The Hall–Kier alpha value is -2.23. The van der Waals surface area contributed by atoms with Gasteiger partial charge in [-0.15, -0.1) is 0 Å². The first-order valence-corrected chi connectivity index (χ1v) is 9.37. The van der Waals surface area contributed by atoms with Crippen LogP contribution in [0.15, 0.2) is 42.1 Å². The van der Waals surface area contributed by atoms with E-state index in [1.807, 2.05) is 26.1 Å². The molecule has 3 nitrogen and oxygen atoms in total. The van der Waals surface area contributed by atoms with Crippen LogP contribution in [0, 0.1) is 23.1 Å². The summed E-state index contributed by atoms with van der Waals surface area (Å²) < 4.78 is 13.8. The fraction of sp³-hybridized carbons (Fsp3) is 0.455. The summed E-state index contributed by atoms with van der Waals surface area (Å²) in [5.74, 6) is 1.39. The molecule has 2 aliphatic rings. The van der Waals surface area contributed by atoms with Crippen LogP contribution in [-0.2, 0) is 4.79 Å². The van der Waals surface area contributed by atoms with Gasteiger partial charge in [-0.1, -0.05) is 11.6 Å². The molecular weight excluding hydrogens is 327 g/mol. The lowest BCUT2D eigenvalue weighted by Crippen LogP contribution is -2.35. The van der Waals surface area contributed by atoms with Gasteiger partial charge in [-0.05, 0) is 80.7 Å². The number of amides is 1. The predicted octanol–water partition coefficient (Wildman–Crippen LogP) is 4.59. The average molecular weight is 352 g/mol. The van der Waals surface area contributed by atoms with Crippen molar-refractivity contribution >= 4 is 16.8 Å². The fourth-order valence-electron chi connectivity index (χ4n) is 4.88. The van der Waals surface area contributed by atoms with Gasteiger partial charge in [0.1, 0.15) is 5.82 Å². The van der Waals surface area contributed by atoms with E-state index in [9.17, 15) is 9.18 Å². The zero-order valence-corrected chi connectivity index (χ0v) is 15.6. The summed E-state index contributed by atoms with van der Waals surface area (Å²) >= 11 is 0. The molecule has 0 bridgehead atoms. The Morgan fingerprint density at radius 1 is 1.27 bits per heavy atom. The molecule has 1 aromatic heterocycles. The van der Waals surface area contributed by atoms with Gasteiger partial charge in [0, 0.05) is 18.6 Å². The molecule has 1 aromatic carbocycles. The van der Waals surface area contributed by atoms with Gasteiger partial charge in [0.25, 0.3) is 0 Å². The molecular formula is C22H25FN2O. The number of halogens is 1. The molecule has 136 valence electrons. The molecule has 4 heteroatoms. The molecule has 0 radical (unpaired) electrons. The normalized spacial score (nSPS) is 25.2. The summed E-state index contributed by atoms with van der Waals surface area (Å²) in [5, 5.41) is 3.72. The standard InChI is InChI=1S/C22H25FN2O/c1-22(2,21(26)24-3)16-10-13-8-15(9-14(13)11-16)18-6-7-25-20-5-4-17(23)12-19(18)20/h4-7,10,12-15H,8-9,11H2,1-3H3,(H,24,26)/t13?,14?,15-/m1/s1. The first-order chi connectivity index (χ1) is 12.4. The van der Waals surface area contributed by atoms with Gasteiger partial charge in [-0.3, -0.25) is 9.78 Å². The number of allylic oxidation sites excluding steroid dienone is 1. The molecule has 0 aliphatic heterocycles. The van der Waals surface area contributed by atoms with Crippen molar-refractivity contribution in [2.75, 3.05) is 7.05 Å². The van der Waals surface area contributed by atoms with Crippen LogP contribution < -0.4 is 5.32 Å². The van der Waals surface area contributed by atoms with Gasteiger partial charge in [0.15, 0.2) is 0 Å². The van der Waals surface area contributed by atoms with E-state index >= 15 is 0 Å². The van der Waals surface area contributed by atoms with Crippen molar-refractivity contribution in [1.82, 2.24) is 10.3 Å². The third-order valence-corrected chi connectivity index (χ3v) is 6.42. The Labute approximate surface area is 153 Å². The van der Waals surface area contributed by atoms with E-state index in [0.29, 0.717) is 17.8 Å². The van der Waals surface area contributed by atoms with Crippen molar-refractivity contribution in [3.8, 4) is 0 Å². The summed E-state index contributed by atoms with van der Waals surface area (Å²) in [6.07, 6.45) is 7.31. The molecule has 1 saturated carbocycles. The summed E-state index contributed by atoms with van der Waals surface area (Å²) in [6.45, 7) is 4.02. The second kappa shape index (κ2) is 6.19. The summed E-state index contributed by atoms with van der Waals surface area (Å²) in [4.78, 5) is 16.6. The minimum Gasteiger partial charge on any atom is -0.358 e. The number of hydrogen-bond acceptors (Lipinski definition) is 2. The van der Waals surface area contributed by atoms with Crippen molar-refractivity contribution in [3.63, 3.8) is 0 Å². The molecule has 0 saturated heterocycles. The fourth-order valence-corrected chi connectivity index (χ4v) is 4.88. The Morgan fingerprint density at radius 3 is 2.81 bits per heavy atom. The number of carbonyl (C=O) groups excluding carboxylic acids is 1. The zero-order chi connectivity index (χ0) is 18.5. The number of carbonyl (C=O) groups is 1. The number of rotatable bonds is 3. The average Bonchev–Trinajstić information content (AvgIpc) is 3.19. The Kier molecular flexibility index (Phi) is 4.09. The van der Waals surface area contributed by atoms with Crippen molar-refractivity contribution in [2.24, 2.45) is 17.3 Å². The van der Waals surface area contributed by atoms with Crippen LogP contribution in [-0.4, -0.2) is 17.9 Å². The minimum atomic E-state index is -0.443. The van der Waals surface area contributed by atoms with Gasteiger partial charge >= 0.3 is 0 Å². The lowest BCUT2D eigenvalue weighted by atomic mass is 9.80. The van der Waals surface area contributed by atoms with Gasteiger partial charge in [0.2, 0.25) is 5.91 Å². The number of aromatic nitrogens is 1. The van der Waals surface area contributed by atoms with Crippen LogP contribution in [0.4, 0.5) is 4.39 Å². The maximum absolute atomic E-state index is 13.8. The summed E-state index contributed by atoms with van der Waals surface area (Å²) in [7, 11) is 1.70. The van der Waals surface area contributed by atoms with Gasteiger partial charge in [-0.2, -0.15) is 0 Å². The second-order valence-electron chi connectivity index (χ2n) is 8.25. The minimum absolute atomic E-state index is 0.0795. The van der Waals surface area contributed by atoms with Crippen LogP contribution in [0.2, 0.25) is 0 Å². The van der Waals surface area contributed by atoms with Crippen molar-refractivity contribution in [3.05, 3.63) is 53.5 Å². The Bertz CT molecular complexity index is 902. The highest BCUT2D eigenvalue weighted by Gasteiger charge is 2.43. The van der Waals surface area contributed by atoms with Crippen LogP contribution >= 0.6 is 0 Å². The molecule has 2 unspecified atom stereocenters. The van der Waals surface area contributed by atoms with Crippen molar-refractivity contribution in [1.29, 1.82) is 0 Å². The van der Waals surface area contributed by atoms with Gasteiger partial charge < -0.3 is 5.32 Å². The Morgan fingerprint density at radius 2 is 2.08 bits per heavy atom. The van der Waals surface area contributed by atoms with Crippen molar-refractivity contribution in [2.45, 2.75) is 39.0 Å². The largest absolute Gasteiger partial charge is 0.358 e.